The molecule has 0 radical (unpaired) electrons. The highest BCUT2D eigenvalue weighted by Crippen LogP contribution is 2.33. The fraction of sp³-hybridized carbons (Fsp3) is 0.545. The second-order valence-electron chi connectivity index (χ2n) is 7.32. The first-order valence-corrected chi connectivity index (χ1v) is 11.2. The van der Waals surface area contributed by atoms with E-state index in [4.69, 9.17) is 9.47 Å². The van der Waals surface area contributed by atoms with E-state index in [1.54, 1.807) is 18.4 Å². The summed E-state index contributed by atoms with van der Waals surface area (Å²) >= 11 is 1.62. The average Bonchev–Trinajstić information content (AvgIpc) is 3.27. The molecule has 1 aromatic carbocycles. The van der Waals surface area contributed by atoms with E-state index in [0.717, 1.165) is 49.0 Å². The Kier molecular flexibility index (Phi) is 7.89. The van der Waals surface area contributed by atoms with Crippen LogP contribution in [0.2, 0.25) is 0 Å². The van der Waals surface area contributed by atoms with Crippen molar-refractivity contribution in [1.82, 2.24) is 15.2 Å². The van der Waals surface area contributed by atoms with Crippen LogP contribution in [-0.2, 0) is 11.3 Å². The van der Waals surface area contributed by atoms with Crippen molar-refractivity contribution in [1.29, 1.82) is 0 Å². The van der Waals surface area contributed by atoms with Crippen molar-refractivity contribution < 1.29 is 14.3 Å². The summed E-state index contributed by atoms with van der Waals surface area (Å²) in [4.78, 5) is 19.1. The van der Waals surface area contributed by atoms with Gasteiger partial charge in [0.15, 0.2) is 11.5 Å². The maximum atomic E-state index is 12.1. The zero-order valence-corrected chi connectivity index (χ0v) is 18.3. The van der Waals surface area contributed by atoms with Gasteiger partial charge in [-0.25, -0.2) is 4.98 Å². The molecule has 6 nitrogen and oxygen atoms in total. The van der Waals surface area contributed by atoms with Gasteiger partial charge in [0, 0.05) is 31.1 Å². The van der Waals surface area contributed by atoms with E-state index in [1.165, 1.54) is 5.56 Å². The Morgan fingerprint density at radius 1 is 1.38 bits per heavy atom. The third kappa shape index (κ3) is 5.70. The molecule has 1 aliphatic rings. The minimum absolute atomic E-state index is 0.0138. The molecule has 2 atom stereocenters. The Balaban J connectivity index is 1.70. The van der Waals surface area contributed by atoms with Crippen LogP contribution in [0.3, 0.4) is 0 Å². The van der Waals surface area contributed by atoms with Gasteiger partial charge in [-0.1, -0.05) is 13.0 Å². The molecule has 7 heteroatoms. The molecular weight excluding hydrogens is 386 g/mol. The predicted molar refractivity (Wildman–Crippen MR) is 115 cm³/mol. The topological polar surface area (TPSA) is 63.7 Å². The molecule has 0 saturated carbocycles. The monoisotopic (exact) mass is 417 g/mol. The zero-order chi connectivity index (χ0) is 20.6. The number of hydrogen-bond acceptors (Lipinski definition) is 6. The number of methoxy groups -OCH3 is 1. The highest BCUT2D eigenvalue weighted by molar-refractivity contribution is 7.09. The van der Waals surface area contributed by atoms with E-state index in [9.17, 15) is 4.79 Å². The molecule has 2 heterocycles. The lowest BCUT2D eigenvalue weighted by molar-refractivity contribution is -0.122. The summed E-state index contributed by atoms with van der Waals surface area (Å²) in [7, 11) is 1.67. The molecule has 29 heavy (non-hydrogen) atoms. The minimum atomic E-state index is -0.0138. The summed E-state index contributed by atoms with van der Waals surface area (Å²) in [6.07, 6.45) is 4.52. The summed E-state index contributed by atoms with van der Waals surface area (Å²) < 4.78 is 11.1. The van der Waals surface area contributed by atoms with Crippen LogP contribution in [0.15, 0.2) is 29.8 Å². The van der Waals surface area contributed by atoms with Crippen LogP contribution in [0.5, 0.6) is 11.5 Å². The number of carbonyl (C=O) groups is 1. The second-order valence-corrected chi connectivity index (χ2v) is 8.25. The van der Waals surface area contributed by atoms with Crippen LogP contribution >= 0.6 is 11.3 Å². The van der Waals surface area contributed by atoms with Gasteiger partial charge in [0.25, 0.3) is 0 Å². The number of piperidine rings is 1. The molecule has 0 aliphatic carbocycles. The van der Waals surface area contributed by atoms with Crippen LogP contribution in [0.4, 0.5) is 0 Å². The van der Waals surface area contributed by atoms with E-state index in [2.05, 4.69) is 27.3 Å². The van der Waals surface area contributed by atoms with Crippen molar-refractivity contribution in [2.24, 2.45) is 5.92 Å². The Morgan fingerprint density at radius 3 is 2.93 bits per heavy atom. The molecule has 1 fully saturated rings. The van der Waals surface area contributed by atoms with Gasteiger partial charge in [0.05, 0.1) is 19.8 Å². The van der Waals surface area contributed by atoms with Crippen LogP contribution < -0.4 is 14.8 Å². The number of amides is 1. The number of likely N-dealkylation sites (tertiary alicyclic amines) is 1. The molecule has 2 aromatic rings. The van der Waals surface area contributed by atoms with Crippen LogP contribution in [-0.4, -0.2) is 42.6 Å². The van der Waals surface area contributed by atoms with Crippen molar-refractivity contribution >= 4 is 17.2 Å². The van der Waals surface area contributed by atoms with E-state index < -0.39 is 0 Å². The summed E-state index contributed by atoms with van der Waals surface area (Å²) in [5.74, 6) is 1.99. The van der Waals surface area contributed by atoms with Crippen molar-refractivity contribution in [3.63, 3.8) is 0 Å². The molecule has 1 aliphatic heterocycles. The Morgan fingerprint density at radius 2 is 2.24 bits per heavy atom. The van der Waals surface area contributed by atoms with Crippen LogP contribution in [0.1, 0.15) is 49.7 Å². The summed E-state index contributed by atoms with van der Waals surface area (Å²) in [6.45, 7) is 7.32. The molecule has 2 unspecified atom stereocenters. The number of hydrogen-bond donors (Lipinski definition) is 1. The standard InChI is InChI=1S/C22H31N3O3S/c1-4-20(26)24-21(22-23-10-12-29-22)17-7-6-11-25(15-17)14-16-8-9-18(28-5-2)19(13-16)27-3/h8-10,12-13,17,21H,4-7,11,14-15H2,1-3H3,(H,24,26). The van der Waals surface area contributed by atoms with Gasteiger partial charge in [0.2, 0.25) is 5.91 Å². The van der Waals surface area contributed by atoms with E-state index in [0.29, 0.717) is 18.9 Å². The first-order valence-electron chi connectivity index (χ1n) is 10.3. The number of ether oxygens (including phenoxy) is 2. The first kappa shape index (κ1) is 21.6. The summed E-state index contributed by atoms with van der Waals surface area (Å²) in [5.41, 5.74) is 1.20. The highest BCUT2D eigenvalue weighted by Gasteiger charge is 2.31. The number of thiazole rings is 1. The third-order valence-electron chi connectivity index (χ3n) is 5.30. The molecule has 158 valence electrons. The second kappa shape index (κ2) is 10.6. The van der Waals surface area contributed by atoms with Gasteiger partial charge >= 0.3 is 0 Å². The Labute approximate surface area is 177 Å². The van der Waals surface area contributed by atoms with Gasteiger partial charge in [-0.2, -0.15) is 0 Å². The van der Waals surface area contributed by atoms with Gasteiger partial charge in [-0.3, -0.25) is 9.69 Å². The average molecular weight is 418 g/mol. The van der Waals surface area contributed by atoms with Crippen molar-refractivity contribution in [3.8, 4) is 11.5 Å². The molecule has 3 rings (SSSR count). The molecule has 1 amide bonds. The van der Waals surface area contributed by atoms with Gasteiger partial charge < -0.3 is 14.8 Å². The summed E-state index contributed by atoms with van der Waals surface area (Å²) in [5, 5.41) is 6.19. The zero-order valence-electron chi connectivity index (χ0n) is 17.5. The van der Waals surface area contributed by atoms with Crippen LogP contribution in [0.25, 0.3) is 0 Å². The molecular formula is C22H31N3O3S. The Hall–Kier alpha value is -2.12. The van der Waals surface area contributed by atoms with Crippen molar-refractivity contribution in [2.75, 3.05) is 26.8 Å². The van der Waals surface area contributed by atoms with Gasteiger partial charge in [-0.15, -0.1) is 11.3 Å². The molecule has 1 aromatic heterocycles. The largest absolute Gasteiger partial charge is 0.493 e. The fourth-order valence-electron chi connectivity index (χ4n) is 3.90. The van der Waals surface area contributed by atoms with Gasteiger partial charge in [0.1, 0.15) is 5.01 Å². The maximum Gasteiger partial charge on any atom is 0.220 e. The molecule has 1 N–H and O–H groups in total. The Bertz CT molecular complexity index is 782. The van der Waals surface area contributed by atoms with E-state index in [1.807, 2.05) is 31.5 Å². The fourth-order valence-corrected chi connectivity index (χ4v) is 4.68. The highest BCUT2D eigenvalue weighted by atomic mass is 32.1. The third-order valence-corrected chi connectivity index (χ3v) is 6.16. The number of aromatic nitrogens is 1. The number of rotatable bonds is 9. The number of nitrogens with one attached hydrogen (secondary N) is 1. The van der Waals surface area contributed by atoms with Crippen molar-refractivity contribution in [2.45, 2.75) is 45.7 Å². The predicted octanol–water partition coefficient (Wildman–Crippen LogP) is 4.03. The lowest BCUT2D eigenvalue weighted by Gasteiger charge is -2.36. The maximum absolute atomic E-state index is 12.1. The lowest BCUT2D eigenvalue weighted by Crippen LogP contribution is -2.42. The first-order chi connectivity index (χ1) is 14.1. The lowest BCUT2D eigenvalue weighted by atomic mass is 9.90. The van der Waals surface area contributed by atoms with Crippen LogP contribution in [0, 0.1) is 5.92 Å². The minimum Gasteiger partial charge on any atom is -0.493 e. The van der Waals surface area contributed by atoms with E-state index in [-0.39, 0.29) is 11.9 Å². The SMILES string of the molecule is CCOc1ccc(CN2CCCC(C(NC(=O)CC)c3nccs3)C2)cc1OC. The number of nitrogens with zero attached hydrogens (tertiary/aromatic N) is 2. The molecule has 1 saturated heterocycles. The smallest absolute Gasteiger partial charge is 0.220 e. The molecule has 0 bridgehead atoms. The number of carbonyl (C=O) groups excluding carboxylic acids is 1. The quantitative estimate of drug-likeness (QED) is 0.667. The molecule has 0 spiro atoms. The van der Waals surface area contributed by atoms with Crippen molar-refractivity contribution in [3.05, 3.63) is 40.3 Å². The number of benzene rings is 1. The normalized spacial score (nSPS) is 18.2. The summed E-state index contributed by atoms with van der Waals surface area (Å²) in [6, 6.07) is 6.14. The van der Waals surface area contributed by atoms with Gasteiger partial charge in [-0.05, 0) is 49.9 Å². The van der Waals surface area contributed by atoms with E-state index >= 15 is 0 Å².